The van der Waals surface area contributed by atoms with Gasteiger partial charge < -0.3 is 9.64 Å². The minimum atomic E-state index is -2.12. The lowest BCUT2D eigenvalue weighted by Crippen LogP contribution is -2.69. The Bertz CT molecular complexity index is 482. The van der Waals surface area contributed by atoms with Gasteiger partial charge in [-0.25, -0.2) is 9.18 Å². The molecule has 2 saturated heterocycles. The molecule has 3 atom stereocenters. The number of halogens is 2. The lowest BCUT2D eigenvalue weighted by Gasteiger charge is -2.44. The van der Waals surface area contributed by atoms with E-state index in [1.165, 1.54) is 16.7 Å². The van der Waals surface area contributed by atoms with Crippen molar-refractivity contribution >= 4 is 45.4 Å². The zero-order valence-corrected chi connectivity index (χ0v) is 13.7. The fourth-order valence-corrected chi connectivity index (χ4v) is 4.49. The van der Waals surface area contributed by atoms with E-state index in [1.807, 2.05) is 0 Å². The Morgan fingerprint density at radius 3 is 2.65 bits per heavy atom. The molecule has 112 valence electrons. The van der Waals surface area contributed by atoms with Crippen molar-refractivity contribution in [2.75, 3.05) is 6.61 Å². The van der Waals surface area contributed by atoms with Gasteiger partial charge in [0.2, 0.25) is 0 Å². The number of ketones is 1. The average Bonchev–Trinajstić information content (AvgIpc) is 2.65. The first kappa shape index (κ1) is 15.8. The zero-order chi connectivity index (χ0) is 15.3. The van der Waals surface area contributed by atoms with Gasteiger partial charge in [-0.05, 0) is 29.8 Å². The van der Waals surface area contributed by atoms with E-state index < -0.39 is 32.6 Å². The number of alkyl halides is 2. The van der Waals surface area contributed by atoms with E-state index in [4.69, 9.17) is 4.74 Å². The molecule has 0 aliphatic carbocycles. The van der Waals surface area contributed by atoms with Crippen LogP contribution >= 0.6 is 27.7 Å². The molecule has 0 N–H and O–H groups in total. The molecule has 0 aromatic rings. The van der Waals surface area contributed by atoms with Gasteiger partial charge in [-0.3, -0.25) is 9.59 Å². The first-order valence-corrected chi connectivity index (χ1v) is 7.87. The molecule has 2 fully saturated rings. The molecule has 0 saturated carbocycles. The van der Waals surface area contributed by atoms with Gasteiger partial charge in [0.15, 0.2) is 5.78 Å². The highest BCUT2D eigenvalue weighted by Crippen LogP contribution is 2.58. The summed E-state index contributed by atoms with van der Waals surface area (Å²) in [5.74, 6) is -1.64. The molecule has 2 rings (SSSR count). The van der Waals surface area contributed by atoms with Gasteiger partial charge in [-0.2, -0.15) is 0 Å². The maximum absolute atomic E-state index is 14.0. The second kappa shape index (κ2) is 4.98. The van der Waals surface area contributed by atoms with Crippen molar-refractivity contribution in [1.29, 1.82) is 0 Å². The summed E-state index contributed by atoms with van der Waals surface area (Å²) in [5.41, 5.74) is 0. The van der Waals surface area contributed by atoms with Gasteiger partial charge in [0, 0.05) is 11.2 Å². The molecule has 2 aliphatic rings. The Morgan fingerprint density at radius 1 is 1.50 bits per heavy atom. The molecule has 0 aromatic heterocycles. The van der Waals surface area contributed by atoms with Gasteiger partial charge in [0.25, 0.3) is 10.5 Å². The van der Waals surface area contributed by atoms with E-state index >= 15 is 0 Å². The Hall–Kier alpha value is -0.630. The van der Waals surface area contributed by atoms with Crippen LogP contribution in [-0.4, -0.2) is 49.9 Å². The summed E-state index contributed by atoms with van der Waals surface area (Å²) >= 11 is 3.96. The molecule has 0 spiro atoms. The highest BCUT2D eigenvalue weighted by molar-refractivity contribution is 9.10. The quantitative estimate of drug-likeness (QED) is 0.429. The molecule has 5 nitrogen and oxygen atoms in total. The van der Waals surface area contributed by atoms with Crippen molar-refractivity contribution in [3.63, 3.8) is 0 Å². The highest BCUT2D eigenvalue weighted by atomic mass is 79.9. The number of ether oxygens (including phenoxy) is 1. The van der Waals surface area contributed by atoms with E-state index in [0.29, 0.717) is 0 Å². The number of fused-ring (bicyclic) bond motifs is 1. The fraction of sp³-hybridized carbons (Fsp3) is 0.750. The maximum atomic E-state index is 14.0. The predicted molar refractivity (Wildman–Crippen MR) is 75.1 cm³/mol. The SMILES string of the molecule is CCC(=O)COC(=O)[C@@H]1N2C(=O)[C@](F)(Br)[C@H]2SC1(C)C. The number of hydrogen-bond donors (Lipinski definition) is 0. The number of amides is 1. The second-order valence-corrected chi connectivity index (χ2v) is 8.20. The molecule has 0 aromatic carbocycles. The van der Waals surface area contributed by atoms with Crippen molar-refractivity contribution in [2.45, 2.75) is 47.9 Å². The van der Waals surface area contributed by atoms with E-state index in [9.17, 15) is 18.8 Å². The largest absolute Gasteiger partial charge is 0.456 e. The van der Waals surface area contributed by atoms with Crippen LogP contribution in [0.15, 0.2) is 0 Å². The first-order valence-electron chi connectivity index (χ1n) is 6.19. The average molecular weight is 368 g/mol. The minimum Gasteiger partial charge on any atom is -0.456 e. The van der Waals surface area contributed by atoms with Crippen molar-refractivity contribution in [1.82, 2.24) is 4.90 Å². The maximum Gasteiger partial charge on any atom is 0.330 e. The summed E-state index contributed by atoms with van der Waals surface area (Å²) in [4.78, 5) is 36.3. The Kier molecular flexibility index (Phi) is 3.92. The van der Waals surface area contributed by atoms with Gasteiger partial charge >= 0.3 is 5.97 Å². The van der Waals surface area contributed by atoms with E-state index in [0.717, 1.165) is 0 Å². The van der Waals surface area contributed by atoms with Crippen LogP contribution in [0, 0.1) is 0 Å². The number of carbonyl (C=O) groups is 3. The fourth-order valence-electron chi connectivity index (χ4n) is 2.29. The zero-order valence-electron chi connectivity index (χ0n) is 11.3. The van der Waals surface area contributed by atoms with Crippen molar-refractivity contribution in [2.24, 2.45) is 0 Å². The molecule has 0 unspecified atom stereocenters. The van der Waals surface area contributed by atoms with Crippen LogP contribution in [-0.2, 0) is 19.1 Å². The molecule has 2 heterocycles. The normalized spacial score (nSPS) is 34.5. The monoisotopic (exact) mass is 367 g/mol. The Morgan fingerprint density at radius 2 is 2.10 bits per heavy atom. The number of Topliss-reactive ketones (excluding diaryl/α,β-unsaturated/α-hetero) is 1. The number of esters is 1. The molecular weight excluding hydrogens is 353 g/mol. The Labute approximate surface area is 128 Å². The second-order valence-electron chi connectivity index (χ2n) is 5.31. The predicted octanol–water partition coefficient (Wildman–Crippen LogP) is 1.63. The third kappa shape index (κ3) is 2.26. The molecule has 0 bridgehead atoms. The van der Waals surface area contributed by atoms with Crippen LogP contribution < -0.4 is 0 Å². The highest BCUT2D eigenvalue weighted by Gasteiger charge is 2.72. The van der Waals surface area contributed by atoms with Crippen LogP contribution in [0.25, 0.3) is 0 Å². The molecule has 2 aliphatic heterocycles. The number of thioether (sulfide) groups is 1. The number of nitrogens with zero attached hydrogens (tertiary/aromatic N) is 1. The third-order valence-corrected chi connectivity index (χ3v) is 6.11. The topological polar surface area (TPSA) is 63.7 Å². The molecule has 0 radical (unpaired) electrons. The number of carbonyl (C=O) groups excluding carboxylic acids is 3. The lowest BCUT2D eigenvalue weighted by atomic mass is 9.97. The summed E-state index contributed by atoms with van der Waals surface area (Å²) in [6.45, 7) is 4.86. The van der Waals surface area contributed by atoms with Crippen molar-refractivity contribution in [3.05, 3.63) is 0 Å². The molecule has 20 heavy (non-hydrogen) atoms. The molecular formula is C12H15BrFNO4S. The summed E-state index contributed by atoms with van der Waals surface area (Å²) < 4.78 is 16.2. The van der Waals surface area contributed by atoms with Crippen LogP contribution in [0.3, 0.4) is 0 Å². The van der Waals surface area contributed by atoms with E-state index in [-0.39, 0.29) is 18.8 Å². The van der Waals surface area contributed by atoms with Crippen LogP contribution in [0.1, 0.15) is 27.2 Å². The molecule has 1 amide bonds. The van der Waals surface area contributed by atoms with E-state index in [2.05, 4.69) is 15.9 Å². The first-order chi connectivity index (χ1) is 9.13. The smallest absolute Gasteiger partial charge is 0.330 e. The van der Waals surface area contributed by atoms with Gasteiger partial charge in [0.05, 0.1) is 0 Å². The summed E-state index contributed by atoms with van der Waals surface area (Å²) in [5, 5.41) is -0.746. The third-order valence-electron chi connectivity index (χ3n) is 3.43. The summed E-state index contributed by atoms with van der Waals surface area (Å²) in [6, 6.07) is -0.879. The summed E-state index contributed by atoms with van der Waals surface area (Å²) in [6.07, 6.45) is 0.274. The van der Waals surface area contributed by atoms with Crippen LogP contribution in [0.4, 0.5) is 4.39 Å². The number of rotatable bonds is 4. The van der Waals surface area contributed by atoms with Crippen LogP contribution in [0.2, 0.25) is 0 Å². The minimum absolute atomic E-state index is 0.200. The number of β-lactam (4-membered cyclic amide) rings is 1. The van der Waals surface area contributed by atoms with Crippen molar-refractivity contribution < 1.29 is 23.5 Å². The Balaban J connectivity index is 2.13. The van der Waals surface area contributed by atoms with Gasteiger partial charge in [-0.15, -0.1) is 11.8 Å². The van der Waals surface area contributed by atoms with Crippen LogP contribution in [0.5, 0.6) is 0 Å². The molecule has 8 heteroatoms. The van der Waals surface area contributed by atoms with E-state index in [1.54, 1.807) is 20.8 Å². The lowest BCUT2D eigenvalue weighted by molar-refractivity contribution is -0.170. The van der Waals surface area contributed by atoms with Crippen molar-refractivity contribution in [3.8, 4) is 0 Å². The number of hydrogen-bond acceptors (Lipinski definition) is 5. The van der Waals surface area contributed by atoms with Gasteiger partial charge in [0.1, 0.15) is 18.0 Å². The summed E-state index contributed by atoms with van der Waals surface area (Å²) in [7, 11) is 0. The van der Waals surface area contributed by atoms with Gasteiger partial charge in [-0.1, -0.05) is 6.92 Å². The standard InChI is InChI=1S/C12H15BrFNO4S/c1-4-6(16)5-19-8(17)7-11(2,3)20-10-12(13,14)9(18)15(7)10/h7,10H,4-5H2,1-3H3/t7-,10+,12+/m0/s1.